The Balaban J connectivity index is 0. The third kappa shape index (κ3) is 13.9. The van der Waals surface area contributed by atoms with Crippen molar-refractivity contribution in [1.82, 2.24) is 5.32 Å². The van der Waals surface area contributed by atoms with Crippen LogP contribution in [0.1, 0.15) is 60.3 Å². The lowest BCUT2D eigenvalue weighted by Gasteiger charge is -2.31. The second-order valence-corrected chi connectivity index (χ2v) is 11.5. The molecule has 0 bridgehead atoms. The normalized spacial score (nSPS) is 12.7. The maximum absolute atomic E-state index is 12.3. The highest BCUT2D eigenvalue weighted by Gasteiger charge is 2.33. The molecule has 7 heteroatoms. The van der Waals surface area contributed by atoms with Crippen molar-refractivity contribution in [2.45, 2.75) is 66.3 Å². The second-order valence-electron chi connectivity index (χ2n) is 6.17. The summed E-state index contributed by atoms with van der Waals surface area (Å²) in [5.74, 6) is 0.743. The minimum absolute atomic E-state index is 0.199. The molecule has 0 spiro atoms. The van der Waals surface area contributed by atoms with Crippen LogP contribution < -0.4 is 5.32 Å². The molecular weight excluding hydrogens is 371 g/mol. The van der Waals surface area contributed by atoms with Gasteiger partial charge in [-0.3, -0.25) is 4.79 Å². The van der Waals surface area contributed by atoms with Gasteiger partial charge in [-0.1, -0.05) is 26.8 Å². The molecule has 1 atom stereocenters. The number of amides is 1. The predicted octanol–water partition coefficient (Wildman–Crippen LogP) is 3.91. The van der Waals surface area contributed by atoms with E-state index in [9.17, 15) is 4.79 Å². The summed E-state index contributed by atoms with van der Waals surface area (Å²) in [4.78, 5) is 12.3. The molecule has 130 valence electrons. The Labute approximate surface area is 154 Å². The van der Waals surface area contributed by atoms with E-state index >= 15 is 0 Å². The Hall–Kier alpha value is 0.310. The van der Waals surface area contributed by atoms with Crippen molar-refractivity contribution in [3.05, 3.63) is 12.7 Å². The summed E-state index contributed by atoms with van der Waals surface area (Å²) in [5, 5.41) is 3.05. The summed E-state index contributed by atoms with van der Waals surface area (Å²) in [6, 6.07) is 0.216. The maximum atomic E-state index is 12.3. The van der Waals surface area contributed by atoms with Crippen LogP contribution >= 0.6 is 0 Å². The monoisotopic (exact) mass is 399 g/mol. The minimum atomic E-state index is -0.235. The number of carbonyl (C=O) groups excluding carboxylic acids is 1. The molecule has 0 rings (SSSR count). The molecule has 0 aromatic rings. The highest BCUT2D eigenvalue weighted by Crippen LogP contribution is 2.32. The van der Waals surface area contributed by atoms with Crippen molar-refractivity contribution in [2.24, 2.45) is 11.3 Å². The molecule has 2 nitrogen and oxygen atoms in total. The van der Waals surface area contributed by atoms with Crippen LogP contribution in [-0.2, 0) is 53.8 Å². The van der Waals surface area contributed by atoms with E-state index in [1.54, 1.807) is 0 Å². The number of nitrogens with one attached hydrogen (secondary N) is 1. The summed E-state index contributed by atoms with van der Waals surface area (Å²) in [7, 11) is 3.95. The van der Waals surface area contributed by atoms with Crippen molar-refractivity contribution >= 4 is 54.9 Å². The van der Waals surface area contributed by atoms with E-state index in [4.69, 9.17) is 0 Å². The van der Waals surface area contributed by atoms with Gasteiger partial charge in [-0.25, -0.2) is 0 Å². The van der Waals surface area contributed by atoms with Gasteiger partial charge in [-0.05, 0) is 45.4 Å². The lowest BCUT2D eigenvalue weighted by atomic mass is 9.77. The molecule has 0 aromatic heterocycles. The van der Waals surface area contributed by atoms with Crippen LogP contribution in [0.2, 0.25) is 0 Å². The van der Waals surface area contributed by atoms with Crippen molar-refractivity contribution < 1.29 is 4.79 Å². The van der Waals surface area contributed by atoms with Gasteiger partial charge in [-0.15, -0.1) is 6.58 Å². The van der Waals surface area contributed by atoms with Crippen molar-refractivity contribution in [2.75, 3.05) is 0 Å². The average Bonchev–Trinajstić information content (AvgIpc) is 2.39. The van der Waals surface area contributed by atoms with Crippen molar-refractivity contribution in [3.8, 4) is 0 Å². The van der Waals surface area contributed by atoms with Crippen LogP contribution in [-0.4, -0.2) is 11.9 Å². The fraction of sp³-hybridized carbons (Fsp3) is 0.800. The highest BCUT2D eigenvalue weighted by molar-refractivity contribution is 8.59. The molecule has 0 aliphatic heterocycles. The molecule has 0 aromatic carbocycles. The van der Waals surface area contributed by atoms with Gasteiger partial charge in [0.05, 0.1) is 0 Å². The van der Waals surface area contributed by atoms with E-state index in [-0.39, 0.29) is 17.4 Å². The summed E-state index contributed by atoms with van der Waals surface area (Å²) < 4.78 is 0. The van der Waals surface area contributed by atoms with E-state index in [0.29, 0.717) is 5.92 Å². The molecule has 0 unspecified atom stereocenters. The number of hydrogen-bond acceptors (Lipinski definition) is 3. The van der Waals surface area contributed by atoms with E-state index in [1.165, 1.54) is 26.6 Å². The van der Waals surface area contributed by atoms with Crippen LogP contribution in [0.25, 0.3) is 0 Å². The van der Waals surface area contributed by atoms with Gasteiger partial charge in [0.25, 0.3) is 0 Å². The zero-order valence-electron chi connectivity index (χ0n) is 14.2. The Kier molecular flexibility index (Phi) is 16.6. The third-order valence-electron chi connectivity index (χ3n) is 3.02. The molecule has 1 N–H and O–H groups in total. The first-order chi connectivity index (χ1) is 10.2. The van der Waals surface area contributed by atoms with Gasteiger partial charge in [0.15, 0.2) is 0 Å². The lowest BCUT2D eigenvalue weighted by molar-refractivity contribution is -0.132. The van der Waals surface area contributed by atoms with Gasteiger partial charge in [-0.2, -0.15) is 0 Å². The quantitative estimate of drug-likeness (QED) is 0.496. The smallest absolute Gasteiger partial charge is 0.226 e. The Bertz CT molecular complexity index is 435. The minimum Gasteiger partial charge on any atom is -0.353 e. The van der Waals surface area contributed by atoms with Gasteiger partial charge < -0.3 is 5.32 Å². The molecule has 0 aliphatic rings. The molecule has 0 fully saturated rings. The molecule has 0 radical (unpaired) electrons. The molecule has 22 heavy (non-hydrogen) atoms. The molecule has 0 heterocycles. The van der Waals surface area contributed by atoms with Crippen LogP contribution in [0.3, 0.4) is 0 Å². The Morgan fingerprint density at radius 1 is 1.27 bits per heavy atom. The lowest BCUT2D eigenvalue weighted by Crippen LogP contribution is -2.43. The first kappa shape index (κ1) is 24.6. The zero-order valence-corrected chi connectivity index (χ0v) is 18.3. The number of allylic oxidation sites excluding steroid dienone is 1. The van der Waals surface area contributed by atoms with Gasteiger partial charge >= 0.3 is 0 Å². The van der Waals surface area contributed by atoms with E-state index in [0.717, 1.165) is 25.7 Å². The summed E-state index contributed by atoms with van der Waals surface area (Å²) in [5.41, 5.74) is -0.235. The van der Waals surface area contributed by atoms with Crippen molar-refractivity contribution in [3.63, 3.8) is 0 Å². The maximum Gasteiger partial charge on any atom is 0.226 e. The standard InChI is InChI=1S/C15H29NO.S5/c1-7-8-9-10-15(6,11-12(2)3)14(17)16-13(4)5;1-3-5-4-2/h7,12-13H,1,8-11H2,2-6H3,(H,16,17);/t15-;/m1./s1. The van der Waals surface area contributed by atoms with E-state index in [2.05, 4.69) is 55.0 Å². The number of rotatable bonds is 8. The third-order valence-corrected chi connectivity index (χ3v) is 7.46. The number of hydrogen-bond donors (Lipinski definition) is 1. The largest absolute Gasteiger partial charge is 0.353 e. The molecular formula is C15H29NOS5. The average molecular weight is 400 g/mol. The van der Waals surface area contributed by atoms with E-state index in [1.807, 2.05) is 19.9 Å². The fourth-order valence-corrected chi connectivity index (χ4v) is 5.04. The highest BCUT2D eigenvalue weighted by atomic mass is 33.3. The van der Waals surface area contributed by atoms with Gasteiger partial charge in [0.1, 0.15) is 0 Å². The Morgan fingerprint density at radius 3 is 2.14 bits per heavy atom. The fourth-order valence-electron chi connectivity index (χ4n) is 2.29. The number of carbonyl (C=O) groups is 1. The topological polar surface area (TPSA) is 29.1 Å². The molecule has 1 amide bonds. The van der Waals surface area contributed by atoms with Crippen LogP contribution in [0.15, 0.2) is 12.7 Å². The second kappa shape index (κ2) is 14.9. The Morgan fingerprint density at radius 2 is 1.82 bits per heavy atom. The van der Waals surface area contributed by atoms with Gasteiger partial charge in [0.2, 0.25) is 5.91 Å². The number of unbranched alkanes of at least 4 members (excludes halogenated alkanes) is 1. The predicted molar refractivity (Wildman–Crippen MR) is 112 cm³/mol. The SMILES string of the molecule is C=CCCC[C@](C)(CC(C)C)C(=O)NC(C)C.S=S=S=S=S. The molecule has 0 aliphatic carbocycles. The summed E-state index contributed by atoms with van der Waals surface area (Å²) in [6.45, 7) is 14.2. The zero-order chi connectivity index (χ0) is 17.6. The van der Waals surface area contributed by atoms with Gasteiger partial charge in [0, 0.05) is 60.5 Å². The first-order valence-corrected chi connectivity index (χ1v) is 12.7. The molecule has 0 saturated heterocycles. The summed E-state index contributed by atoms with van der Waals surface area (Å²) in [6.07, 6.45) is 5.84. The van der Waals surface area contributed by atoms with E-state index < -0.39 is 0 Å². The molecule has 0 saturated carbocycles. The van der Waals surface area contributed by atoms with Crippen LogP contribution in [0.5, 0.6) is 0 Å². The first-order valence-electron chi connectivity index (χ1n) is 7.40. The van der Waals surface area contributed by atoms with Crippen LogP contribution in [0.4, 0.5) is 0 Å². The summed E-state index contributed by atoms with van der Waals surface area (Å²) >= 11 is 8.89. The van der Waals surface area contributed by atoms with Crippen molar-refractivity contribution in [1.29, 1.82) is 0 Å². The van der Waals surface area contributed by atoms with Crippen LogP contribution in [0, 0.1) is 11.3 Å².